The molecule has 9 nitrogen and oxygen atoms in total. The van der Waals surface area contributed by atoms with E-state index in [1.165, 1.54) is 186 Å². The van der Waals surface area contributed by atoms with Crippen LogP contribution in [0.5, 0.6) is 0 Å². The monoisotopic (exact) mass is 907 g/mol. The van der Waals surface area contributed by atoms with E-state index in [1.54, 1.807) is 0 Å². The summed E-state index contributed by atoms with van der Waals surface area (Å²) in [5.41, 5.74) is 0. The number of aliphatic hydroxyl groups excluding tert-OH is 4. The molecule has 0 aromatic carbocycles. The molecule has 0 bridgehead atoms. The molecule has 0 radical (unpaired) electrons. The van der Waals surface area contributed by atoms with Crippen molar-refractivity contribution in [2.45, 2.75) is 282 Å². The summed E-state index contributed by atoms with van der Waals surface area (Å²) in [6.45, 7) is 4.57. The fraction of sp³-hybridized carbons (Fsp3) is 0.873. The largest absolute Gasteiger partial charge is 0.457 e. The molecule has 4 N–H and O–H groups in total. The molecular weight excluding hydrogens is 805 g/mol. The molecule has 0 saturated carbocycles. The molecule has 0 aromatic rings. The lowest BCUT2D eigenvalue weighted by atomic mass is 9.99. The standard InChI is InChI=1S/C55H102O9/c1-3-5-7-9-11-13-15-17-19-21-22-23-24-25-26-27-29-31-33-35-37-39-41-43-45-61-47-49(48-62-55-54(60)53(59)52(58)50(46-56)64-55)63-51(57)44-42-40-38-36-34-32-30-28-20-18-16-14-12-10-8-6-4-2/h15,17-18,20-22,49-50,52-56,58-60H,3-14,16,19,23-48H2,1-2H3/b17-15-,20-18-,22-21-. The van der Waals surface area contributed by atoms with Gasteiger partial charge in [0.1, 0.15) is 30.5 Å². The van der Waals surface area contributed by atoms with Gasteiger partial charge in [0, 0.05) is 13.0 Å². The minimum atomic E-state index is -1.54. The number of unbranched alkanes of at least 4 members (excludes halogenated alkanes) is 30. The van der Waals surface area contributed by atoms with Gasteiger partial charge in [-0.25, -0.2) is 0 Å². The number of aliphatic hydroxyl groups is 4. The summed E-state index contributed by atoms with van der Waals surface area (Å²) in [5.74, 6) is -0.316. The van der Waals surface area contributed by atoms with Gasteiger partial charge in [-0.05, 0) is 70.6 Å². The fourth-order valence-electron chi connectivity index (χ4n) is 8.28. The summed E-state index contributed by atoms with van der Waals surface area (Å²) in [6.07, 6.45) is 50.4. The lowest BCUT2D eigenvalue weighted by molar-refractivity contribution is -0.305. The lowest BCUT2D eigenvalue weighted by Gasteiger charge is -2.39. The highest BCUT2D eigenvalue weighted by Gasteiger charge is 2.44. The number of esters is 1. The Morgan fingerprint density at radius 1 is 0.500 bits per heavy atom. The third-order valence-corrected chi connectivity index (χ3v) is 12.5. The van der Waals surface area contributed by atoms with Gasteiger partial charge >= 0.3 is 5.97 Å². The molecule has 1 heterocycles. The second-order valence-electron chi connectivity index (χ2n) is 18.7. The maximum Gasteiger partial charge on any atom is 0.306 e. The number of carbonyl (C=O) groups excluding carboxylic acids is 1. The van der Waals surface area contributed by atoms with Crippen molar-refractivity contribution in [3.8, 4) is 0 Å². The minimum Gasteiger partial charge on any atom is -0.457 e. The number of ether oxygens (including phenoxy) is 4. The molecule has 1 rings (SSSR count). The normalized spacial score (nSPS) is 19.8. The summed E-state index contributed by atoms with van der Waals surface area (Å²) in [7, 11) is 0. The van der Waals surface area contributed by atoms with Crippen molar-refractivity contribution < 1.29 is 44.2 Å². The molecule has 0 aliphatic carbocycles. The van der Waals surface area contributed by atoms with Crippen LogP contribution in [0.2, 0.25) is 0 Å². The Labute approximate surface area is 393 Å². The summed E-state index contributed by atoms with van der Waals surface area (Å²) in [5, 5.41) is 40.3. The zero-order valence-electron chi connectivity index (χ0n) is 41.5. The third kappa shape index (κ3) is 36.5. The maximum atomic E-state index is 12.8. The first-order valence-electron chi connectivity index (χ1n) is 27.1. The summed E-state index contributed by atoms with van der Waals surface area (Å²) >= 11 is 0. The van der Waals surface area contributed by atoms with Crippen LogP contribution in [0.25, 0.3) is 0 Å². The first-order valence-corrected chi connectivity index (χ1v) is 27.1. The van der Waals surface area contributed by atoms with Crippen LogP contribution in [-0.2, 0) is 23.7 Å². The van der Waals surface area contributed by atoms with E-state index in [1.807, 2.05) is 0 Å². The van der Waals surface area contributed by atoms with Crippen molar-refractivity contribution in [3.63, 3.8) is 0 Å². The summed E-state index contributed by atoms with van der Waals surface area (Å²) < 4.78 is 22.9. The molecule has 6 unspecified atom stereocenters. The molecule has 1 aliphatic rings. The number of carbonyl (C=O) groups is 1. The Balaban J connectivity index is 2.17. The van der Waals surface area contributed by atoms with Gasteiger partial charge < -0.3 is 39.4 Å². The average molecular weight is 907 g/mol. The summed E-state index contributed by atoms with van der Waals surface area (Å²) in [6, 6.07) is 0. The fourth-order valence-corrected chi connectivity index (χ4v) is 8.28. The topological polar surface area (TPSA) is 135 Å². The second-order valence-corrected chi connectivity index (χ2v) is 18.7. The second kappa shape index (κ2) is 46.5. The molecule has 0 amide bonds. The van der Waals surface area contributed by atoms with Crippen LogP contribution in [0.1, 0.15) is 245 Å². The van der Waals surface area contributed by atoms with Crippen LogP contribution >= 0.6 is 0 Å². The highest BCUT2D eigenvalue weighted by Crippen LogP contribution is 2.23. The van der Waals surface area contributed by atoms with E-state index in [9.17, 15) is 25.2 Å². The number of hydrogen-bond acceptors (Lipinski definition) is 9. The van der Waals surface area contributed by atoms with Gasteiger partial charge in [-0.1, -0.05) is 204 Å². The quantitative estimate of drug-likeness (QED) is 0.0267. The van der Waals surface area contributed by atoms with E-state index in [-0.39, 0.29) is 19.2 Å². The highest BCUT2D eigenvalue weighted by molar-refractivity contribution is 5.69. The first kappa shape index (κ1) is 60.4. The van der Waals surface area contributed by atoms with E-state index in [0.717, 1.165) is 38.5 Å². The molecule has 0 spiro atoms. The van der Waals surface area contributed by atoms with Gasteiger partial charge in [0.15, 0.2) is 6.29 Å². The van der Waals surface area contributed by atoms with E-state index < -0.39 is 43.4 Å². The number of rotatable bonds is 47. The molecule has 376 valence electrons. The van der Waals surface area contributed by atoms with Gasteiger partial charge in [0.05, 0.1) is 19.8 Å². The van der Waals surface area contributed by atoms with E-state index in [4.69, 9.17) is 18.9 Å². The zero-order valence-corrected chi connectivity index (χ0v) is 41.5. The first-order chi connectivity index (χ1) is 31.4. The number of hydrogen-bond donors (Lipinski definition) is 4. The SMILES string of the molecule is CCCCCCC/C=C\C/C=C\CCCCCCCCCCCCCCOCC(COC1OC(CO)C(O)C(O)C1O)OC(=O)CCCCCCCCC/C=C\CCCCCCCC. The van der Waals surface area contributed by atoms with Crippen LogP contribution in [0.3, 0.4) is 0 Å². The molecule has 0 aromatic heterocycles. The Bertz CT molecular complexity index is 1080. The number of allylic oxidation sites excluding steroid dienone is 6. The van der Waals surface area contributed by atoms with Crippen molar-refractivity contribution in [3.05, 3.63) is 36.5 Å². The van der Waals surface area contributed by atoms with Crippen molar-refractivity contribution in [2.75, 3.05) is 26.4 Å². The molecule has 9 heteroatoms. The van der Waals surface area contributed by atoms with Gasteiger partial charge in [0.25, 0.3) is 0 Å². The van der Waals surface area contributed by atoms with Gasteiger partial charge in [-0.15, -0.1) is 0 Å². The van der Waals surface area contributed by atoms with Crippen LogP contribution in [-0.4, -0.2) is 89.6 Å². The van der Waals surface area contributed by atoms with Crippen LogP contribution < -0.4 is 0 Å². The van der Waals surface area contributed by atoms with Crippen molar-refractivity contribution >= 4 is 5.97 Å². The Hall–Kier alpha value is -1.59. The van der Waals surface area contributed by atoms with E-state index in [2.05, 4.69) is 50.3 Å². The Morgan fingerprint density at radius 2 is 0.906 bits per heavy atom. The minimum absolute atomic E-state index is 0.114. The molecule has 64 heavy (non-hydrogen) atoms. The molecule has 6 atom stereocenters. The molecule has 1 aliphatic heterocycles. The van der Waals surface area contributed by atoms with Crippen LogP contribution in [0.15, 0.2) is 36.5 Å². The van der Waals surface area contributed by atoms with E-state index in [0.29, 0.717) is 13.0 Å². The zero-order chi connectivity index (χ0) is 46.4. The Kier molecular flexibility index (Phi) is 43.9. The van der Waals surface area contributed by atoms with Crippen LogP contribution in [0, 0.1) is 0 Å². The third-order valence-electron chi connectivity index (χ3n) is 12.5. The predicted molar refractivity (Wildman–Crippen MR) is 265 cm³/mol. The van der Waals surface area contributed by atoms with Gasteiger partial charge in [-0.2, -0.15) is 0 Å². The Morgan fingerprint density at radius 3 is 1.36 bits per heavy atom. The van der Waals surface area contributed by atoms with Crippen molar-refractivity contribution in [1.82, 2.24) is 0 Å². The smallest absolute Gasteiger partial charge is 0.306 e. The van der Waals surface area contributed by atoms with Crippen molar-refractivity contribution in [2.24, 2.45) is 0 Å². The predicted octanol–water partition coefficient (Wildman–Crippen LogP) is 13.5. The molecule has 1 saturated heterocycles. The van der Waals surface area contributed by atoms with Gasteiger partial charge in [0.2, 0.25) is 0 Å². The maximum absolute atomic E-state index is 12.8. The molecular formula is C55H102O9. The van der Waals surface area contributed by atoms with Crippen LogP contribution in [0.4, 0.5) is 0 Å². The van der Waals surface area contributed by atoms with Crippen molar-refractivity contribution in [1.29, 1.82) is 0 Å². The van der Waals surface area contributed by atoms with E-state index >= 15 is 0 Å². The lowest BCUT2D eigenvalue weighted by Crippen LogP contribution is -2.59. The average Bonchev–Trinajstić information content (AvgIpc) is 3.30. The highest BCUT2D eigenvalue weighted by atomic mass is 16.7. The van der Waals surface area contributed by atoms with Gasteiger partial charge in [-0.3, -0.25) is 4.79 Å². The molecule has 1 fully saturated rings. The summed E-state index contributed by atoms with van der Waals surface area (Å²) in [4.78, 5) is 12.8.